The number of fused-ring (bicyclic) bond motifs is 5. The number of ether oxygens (including phenoxy) is 1. The molecule has 0 unspecified atom stereocenters. The molecule has 2 bridgehead atoms. The Labute approximate surface area is 101 Å². The lowest BCUT2D eigenvalue weighted by atomic mass is 9.59. The van der Waals surface area contributed by atoms with E-state index in [4.69, 9.17) is 4.74 Å². The molecule has 0 aromatic carbocycles. The van der Waals surface area contributed by atoms with Crippen molar-refractivity contribution >= 4 is 11.8 Å². The molecule has 0 spiro atoms. The molecule has 3 saturated heterocycles. The van der Waals surface area contributed by atoms with E-state index in [9.17, 15) is 9.59 Å². The Morgan fingerprint density at radius 2 is 1.76 bits per heavy atom. The predicted octanol–water partition coefficient (Wildman–Crippen LogP) is 1.11. The maximum atomic E-state index is 12.5. The van der Waals surface area contributed by atoms with Crippen molar-refractivity contribution in [1.29, 1.82) is 0 Å². The number of hydrogen-bond donors (Lipinski definition) is 0. The molecule has 17 heavy (non-hydrogen) atoms. The van der Waals surface area contributed by atoms with E-state index in [2.05, 4.69) is 6.58 Å². The third kappa shape index (κ3) is 0.910. The summed E-state index contributed by atoms with van der Waals surface area (Å²) in [6.07, 6.45) is 3.19. The topological polar surface area (TPSA) is 46.6 Å². The minimum Gasteiger partial charge on any atom is -0.373 e. The zero-order valence-electron chi connectivity index (χ0n) is 10.2. The van der Waals surface area contributed by atoms with Crippen LogP contribution in [0.5, 0.6) is 0 Å². The van der Waals surface area contributed by atoms with Gasteiger partial charge in [0.1, 0.15) is 0 Å². The fourth-order valence-electron chi connectivity index (χ4n) is 3.82. The highest BCUT2D eigenvalue weighted by Crippen LogP contribution is 2.64. The Kier molecular flexibility index (Phi) is 1.93. The molecule has 3 fully saturated rings. The molecular weight excluding hydrogens is 218 g/mol. The first-order chi connectivity index (χ1) is 7.97. The van der Waals surface area contributed by atoms with E-state index in [1.807, 2.05) is 13.8 Å². The Hall–Kier alpha value is -1.16. The van der Waals surface area contributed by atoms with Crippen molar-refractivity contribution in [3.05, 3.63) is 12.7 Å². The number of carbonyl (C=O) groups excluding carboxylic acids is 2. The Morgan fingerprint density at radius 1 is 1.29 bits per heavy atom. The van der Waals surface area contributed by atoms with Crippen LogP contribution in [0.1, 0.15) is 26.7 Å². The standard InChI is InChI=1S/C13H17NO3/c1-4-7-14-10(15)12(2)8-5-6-9(17-8)13(12,3)11(14)16/h4,8-9H,1,5-7H2,2-3H3/t8-,9+,12-,13-/m0/s1. The Morgan fingerprint density at radius 3 is 2.18 bits per heavy atom. The molecule has 3 heterocycles. The van der Waals surface area contributed by atoms with E-state index >= 15 is 0 Å². The van der Waals surface area contributed by atoms with Crippen LogP contribution in [0.3, 0.4) is 0 Å². The van der Waals surface area contributed by atoms with Crippen LogP contribution in [0.2, 0.25) is 0 Å². The minimum absolute atomic E-state index is 0.0860. The van der Waals surface area contributed by atoms with Gasteiger partial charge in [0.05, 0.1) is 23.0 Å². The molecule has 4 heteroatoms. The van der Waals surface area contributed by atoms with Crippen LogP contribution in [0.4, 0.5) is 0 Å². The van der Waals surface area contributed by atoms with E-state index in [0.29, 0.717) is 6.54 Å². The monoisotopic (exact) mass is 235 g/mol. The molecule has 0 aromatic rings. The predicted molar refractivity (Wildman–Crippen MR) is 61.0 cm³/mol. The van der Waals surface area contributed by atoms with Crippen molar-refractivity contribution in [3.63, 3.8) is 0 Å². The fourth-order valence-corrected chi connectivity index (χ4v) is 3.82. The molecule has 92 valence electrons. The van der Waals surface area contributed by atoms with Gasteiger partial charge in [0.25, 0.3) is 0 Å². The largest absolute Gasteiger partial charge is 0.373 e. The summed E-state index contributed by atoms with van der Waals surface area (Å²) in [6, 6.07) is 0. The number of amides is 2. The van der Waals surface area contributed by atoms with E-state index in [-0.39, 0.29) is 24.0 Å². The van der Waals surface area contributed by atoms with Gasteiger partial charge in [0, 0.05) is 6.54 Å². The molecule has 0 saturated carbocycles. The number of carbonyl (C=O) groups is 2. The molecule has 3 aliphatic rings. The van der Waals surface area contributed by atoms with Gasteiger partial charge < -0.3 is 4.74 Å². The SMILES string of the molecule is C=CCN1C(=O)[C@]2(C)[C@@H]3CC[C@@H](O3)[C@@]2(C)C1=O. The van der Waals surface area contributed by atoms with Gasteiger partial charge in [0.15, 0.2) is 0 Å². The summed E-state index contributed by atoms with van der Waals surface area (Å²) in [4.78, 5) is 26.3. The molecule has 0 aromatic heterocycles. The van der Waals surface area contributed by atoms with Crippen LogP contribution in [-0.4, -0.2) is 35.5 Å². The number of nitrogens with zero attached hydrogens (tertiary/aromatic N) is 1. The van der Waals surface area contributed by atoms with E-state index in [1.54, 1.807) is 6.08 Å². The van der Waals surface area contributed by atoms with Crippen LogP contribution < -0.4 is 0 Å². The summed E-state index contributed by atoms with van der Waals surface area (Å²) < 4.78 is 5.82. The van der Waals surface area contributed by atoms with Crippen molar-refractivity contribution in [3.8, 4) is 0 Å². The zero-order chi connectivity index (χ0) is 12.4. The van der Waals surface area contributed by atoms with Gasteiger partial charge in [-0.3, -0.25) is 14.5 Å². The van der Waals surface area contributed by atoms with Crippen molar-refractivity contribution in [2.24, 2.45) is 10.8 Å². The number of hydrogen-bond acceptors (Lipinski definition) is 3. The highest BCUT2D eigenvalue weighted by molar-refractivity contribution is 6.10. The molecule has 2 amide bonds. The average Bonchev–Trinajstić information content (AvgIpc) is 2.91. The van der Waals surface area contributed by atoms with Gasteiger partial charge in [-0.1, -0.05) is 6.08 Å². The van der Waals surface area contributed by atoms with Crippen molar-refractivity contribution < 1.29 is 14.3 Å². The normalized spacial score (nSPS) is 47.8. The summed E-state index contributed by atoms with van der Waals surface area (Å²) in [7, 11) is 0. The number of imide groups is 1. The van der Waals surface area contributed by atoms with Crippen LogP contribution in [0.25, 0.3) is 0 Å². The molecule has 3 rings (SSSR count). The number of rotatable bonds is 2. The summed E-state index contributed by atoms with van der Waals surface area (Å²) >= 11 is 0. The maximum Gasteiger partial charge on any atom is 0.239 e. The molecular formula is C13H17NO3. The Balaban J connectivity index is 2.12. The van der Waals surface area contributed by atoms with E-state index < -0.39 is 10.8 Å². The summed E-state index contributed by atoms with van der Waals surface area (Å²) in [6.45, 7) is 7.69. The molecule has 3 aliphatic heterocycles. The average molecular weight is 235 g/mol. The smallest absolute Gasteiger partial charge is 0.239 e. The van der Waals surface area contributed by atoms with Gasteiger partial charge in [0.2, 0.25) is 11.8 Å². The lowest BCUT2D eigenvalue weighted by molar-refractivity contribution is -0.144. The minimum atomic E-state index is -0.671. The van der Waals surface area contributed by atoms with Gasteiger partial charge in [-0.25, -0.2) is 0 Å². The van der Waals surface area contributed by atoms with Gasteiger partial charge in [-0.2, -0.15) is 0 Å². The highest BCUT2D eigenvalue weighted by Gasteiger charge is 2.76. The second kappa shape index (κ2) is 2.99. The van der Waals surface area contributed by atoms with Crippen molar-refractivity contribution in [2.45, 2.75) is 38.9 Å². The second-order valence-electron chi connectivity index (χ2n) is 5.61. The van der Waals surface area contributed by atoms with E-state index in [0.717, 1.165) is 12.8 Å². The van der Waals surface area contributed by atoms with Crippen LogP contribution in [0, 0.1) is 10.8 Å². The quantitative estimate of drug-likeness (QED) is 0.532. The molecule has 4 nitrogen and oxygen atoms in total. The lowest BCUT2D eigenvalue weighted by Crippen LogP contribution is -2.48. The molecule has 0 radical (unpaired) electrons. The summed E-state index contributed by atoms with van der Waals surface area (Å²) in [5, 5.41) is 0. The summed E-state index contributed by atoms with van der Waals surface area (Å²) in [5.74, 6) is -0.172. The van der Waals surface area contributed by atoms with Crippen LogP contribution >= 0.6 is 0 Å². The van der Waals surface area contributed by atoms with Gasteiger partial charge in [-0.05, 0) is 26.7 Å². The fraction of sp³-hybridized carbons (Fsp3) is 0.692. The first-order valence-corrected chi connectivity index (χ1v) is 6.10. The molecule has 0 N–H and O–H groups in total. The van der Waals surface area contributed by atoms with E-state index in [1.165, 1.54) is 4.90 Å². The number of likely N-dealkylation sites (tertiary alicyclic amines) is 1. The second-order valence-corrected chi connectivity index (χ2v) is 5.61. The summed E-state index contributed by atoms with van der Waals surface area (Å²) in [5.41, 5.74) is -1.34. The van der Waals surface area contributed by atoms with Crippen molar-refractivity contribution in [1.82, 2.24) is 4.90 Å². The van der Waals surface area contributed by atoms with Gasteiger partial charge in [-0.15, -0.1) is 6.58 Å². The molecule has 0 aliphatic carbocycles. The Bertz CT molecular complexity index is 398. The molecule has 4 atom stereocenters. The zero-order valence-corrected chi connectivity index (χ0v) is 10.2. The van der Waals surface area contributed by atoms with Crippen LogP contribution in [0.15, 0.2) is 12.7 Å². The van der Waals surface area contributed by atoms with Crippen molar-refractivity contribution in [2.75, 3.05) is 6.54 Å². The maximum absolute atomic E-state index is 12.5. The first-order valence-electron chi connectivity index (χ1n) is 6.10. The first kappa shape index (κ1) is 11.0. The van der Waals surface area contributed by atoms with Gasteiger partial charge >= 0.3 is 0 Å². The van der Waals surface area contributed by atoms with Crippen LogP contribution in [-0.2, 0) is 14.3 Å². The third-order valence-corrected chi connectivity index (χ3v) is 5.08. The highest BCUT2D eigenvalue weighted by atomic mass is 16.5. The third-order valence-electron chi connectivity index (χ3n) is 5.08. The lowest BCUT2D eigenvalue weighted by Gasteiger charge is -2.36.